The molecule has 0 aliphatic rings. The van der Waals surface area contributed by atoms with Crippen molar-refractivity contribution in [1.29, 1.82) is 0 Å². The lowest BCUT2D eigenvalue weighted by Crippen LogP contribution is -2.21. The van der Waals surface area contributed by atoms with Crippen LogP contribution < -0.4 is 5.56 Å². The van der Waals surface area contributed by atoms with Crippen LogP contribution in [0.5, 0.6) is 0 Å². The second-order valence-electron chi connectivity index (χ2n) is 4.63. The van der Waals surface area contributed by atoms with E-state index < -0.39 is 0 Å². The van der Waals surface area contributed by atoms with Gasteiger partial charge in [0.1, 0.15) is 5.82 Å². The van der Waals surface area contributed by atoms with Crippen LogP contribution in [0.1, 0.15) is 5.82 Å². The molecule has 0 saturated heterocycles. The third-order valence-electron chi connectivity index (χ3n) is 3.27. The highest BCUT2D eigenvalue weighted by Crippen LogP contribution is 2.28. The molecular formula is C16H13ClN2OS. The number of nitrogens with zero attached hydrogens (tertiary/aromatic N) is 2. The number of benzene rings is 2. The normalized spacial score (nSPS) is 11.0. The summed E-state index contributed by atoms with van der Waals surface area (Å²) in [6.45, 7) is 0. The maximum Gasteiger partial charge on any atom is 0.261 e. The first-order chi connectivity index (χ1) is 10.2. The van der Waals surface area contributed by atoms with Crippen molar-refractivity contribution in [1.82, 2.24) is 9.55 Å². The van der Waals surface area contributed by atoms with Gasteiger partial charge in [-0.3, -0.25) is 9.36 Å². The summed E-state index contributed by atoms with van der Waals surface area (Å²) in [5.74, 6) is 1.34. The van der Waals surface area contributed by atoms with Gasteiger partial charge in [0.15, 0.2) is 0 Å². The molecule has 3 aromatic rings. The zero-order valence-corrected chi connectivity index (χ0v) is 13.0. The molecule has 0 bridgehead atoms. The Hall–Kier alpha value is -1.78. The van der Waals surface area contributed by atoms with Crippen molar-refractivity contribution < 1.29 is 0 Å². The quantitative estimate of drug-likeness (QED) is 0.688. The Balaban J connectivity index is 1.96. The van der Waals surface area contributed by atoms with Gasteiger partial charge >= 0.3 is 0 Å². The van der Waals surface area contributed by atoms with E-state index in [1.54, 1.807) is 29.4 Å². The van der Waals surface area contributed by atoms with E-state index in [1.165, 1.54) is 0 Å². The van der Waals surface area contributed by atoms with Crippen LogP contribution in [-0.4, -0.2) is 9.55 Å². The zero-order chi connectivity index (χ0) is 14.8. The largest absolute Gasteiger partial charge is 0.299 e. The minimum absolute atomic E-state index is 0.0182. The van der Waals surface area contributed by atoms with Gasteiger partial charge in [0.05, 0.1) is 21.7 Å². The predicted molar refractivity (Wildman–Crippen MR) is 88.0 cm³/mol. The van der Waals surface area contributed by atoms with Crippen molar-refractivity contribution in [3.05, 3.63) is 69.7 Å². The first-order valence-electron chi connectivity index (χ1n) is 6.49. The topological polar surface area (TPSA) is 34.9 Å². The van der Waals surface area contributed by atoms with Crippen molar-refractivity contribution in [2.45, 2.75) is 10.6 Å². The van der Waals surface area contributed by atoms with Crippen LogP contribution in [0.2, 0.25) is 5.02 Å². The molecule has 0 saturated carbocycles. The Kier molecular flexibility index (Phi) is 3.99. The van der Waals surface area contributed by atoms with Gasteiger partial charge in [0.2, 0.25) is 0 Å². The molecule has 1 aromatic heterocycles. The van der Waals surface area contributed by atoms with Gasteiger partial charge in [-0.1, -0.05) is 35.9 Å². The number of para-hydroxylation sites is 1. The highest BCUT2D eigenvalue weighted by Gasteiger charge is 2.09. The van der Waals surface area contributed by atoms with Crippen LogP contribution >= 0.6 is 23.4 Å². The fraction of sp³-hybridized carbons (Fsp3) is 0.125. The van der Waals surface area contributed by atoms with Gasteiger partial charge in [-0.05, 0) is 24.3 Å². The number of hydrogen-bond acceptors (Lipinski definition) is 3. The molecule has 106 valence electrons. The van der Waals surface area contributed by atoms with E-state index in [1.807, 2.05) is 42.5 Å². The molecule has 0 aliphatic heterocycles. The van der Waals surface area contributed by atoms with Crippen LogP contribution in [0.4, 0.5) is 0 Å². The third kappa shape index (κ3) is 2.82. The molecule has 2 aromatic carbocycles. The maximum absolute atomic E-state index is 12.3. The van der Waals surface area contributed by atoms with Gasteiger partial charge in [0.25, 0.3) is 5.56 Å². The fourth-order valence-electron chi connectivity index (χ4n) is 2.10. The number of thioether (sulfide) groups is 1. The summed E-state index contributed by atoms with van der Waals surface area (Å²) in [5.41, 5.74) is 0.714. The summed E-state index contributed by atoms with van der Waals surface area (Å²) >= 11 is 7.72. The molecule has 5 heteroatoms. The van der Waals surface area contributed by atoms with E-state index in [-0.39, 0.29) is 5.56 Å². The summed E-state index contributed by atoms with van der Waals surface area (Å²) in [6.07, 6.45) is 0. The van der Waals surface area contributed by atoms with Crippen LogP contribution in [0.15, 0.2) is 58.2 Å². The van der Waals surface area contributed by atoms with Crippen LogP contribution in [0.3, 0.4) is 0 Å². The second kappa shape index (κ2) is 5.92. The average Bonchev–Trinajstić information content (AvgIpc) is 2.51. The van der Waals surface area contributed by atoms with Gasteiger partial charge < -0.3 is 0 Å². The third-order valence-corrected chi connectivity index (χ3v) is 4.78. The van der Waals surface area contributed by atoms with Gasteiger partial charge in [-0.2, -0.15) is 0 Å². The van der Waals surface area contributed by atoms with Crippen molar-refractivity contribution in [3.8, 4) is 0 Å². The smallest absolute Gasteiger partial charge is 0.261 e. The van der Waals surface area contributed by atoms with Gasteiger partial charge in [0, 0.05) is 11.9 Å². The molecule has 0 fully saturated rings. The molecule has 3 rings (SSSR count). The SMILES string of the molecule is Cn1c(CSc2ccccc2Cl)nc2ccccc2c1=O. The van der Waals surface area contributed by atoms with Crippen LogP contribution in [-0.2, 0) is 12.8 Å². The van der Waals surface area contributed by atoms with Crippen molar-refractivity contribution in [3.63, 3.8) is 0 Å². The van der Waals surface area contributed by atoms with Crippen LogP contribution in [0.25, 0.3) is 10.9 Å². The molecule has 0 spiro atoms. The summed E-state index contributed by atoms with van der Waals surface area (Å²) in [4.78, 5) is 17.9. The molecular weight excluding hydrogens is 304 g/mol. The summed E-state index contributed by atoms with van der Waals surface area (Å²) in [5, 5.41) is 1.36. The Bertz CT molecular complexity index is 860. The van der Waals surface area contributed by atoms with Gasteiger partial charge in [-0.25, -0.2) is 4.98 Å². The minimum atomic E-state index is -0.0182. The first-order valence-corrected chi connectivity index (χ1v) is 7.85. The van der Waals surface area contributed by atoms with Crippen molar-refractivity contribution in [2.75, 3.05) is 0 Å². The molecule has 0 N–H and O–H groups in total. The van der Waals surface area contributed by atoms with E-state index in [0.717, 1.165) is 16.2 Å². The van der Waals surface area contributed by atoms with E-state index >= 15 is 0 Å². The molecule has 0 aliphatic carbocycles. The summed E-state index contributed by atoms with van der Waals surface area (Å²) in [6, 6.07) is 15.1. The van der Waals surface area contributed by atoms with E-state index in [9.17, 15) is 4.79 Å². The maximum atomic E-state index is 12.3. The number of aromatic nitrogens is 2. The summed E-state index contributed by atoms with van der Waals surface area (Å²) < 4.78 is 1.60. The Morgan fingerprint density at radius 3 is 2.67 bits per heavy atom. The minimum Gasteiger partial charge on any atom is -0.299 e. The van der Waals surface area contributed by atoms with Crippen LogP contribution in [0, 0.1) is 0 Å². The molecule has 0 unspecified atom stereocenters. The predicted octanol–water partition coefficient (Wildman–Crippen LogP) is 3.88. The molecule has 1 heterocycles. The molecule has 21 heavy (non-hydrogen) atoms. The molecule has 0 radical (unpaired) electrons. The highest BCUT2D eigenvalue weighted by atomic mass is 35.5. The van der Waals surface area contributed by atoms with E-state index in [2.05, 4.69) is 4.98 Å². The lowest BCUT2D eigenvalue weighted by atomic mass is 10.2. The fourth-order valence-corrected chi connectivity index (χ4v) is 3.32. The number of hydrogen-bond donors (Lipinski definition) is 0. The Labute approximate surface area is 131 Å². The number of fused-ring (bicyclic) bond motifs is 1. The molecule has 3 nitrogen and oxygen atoms in total. The monoisotopic (exact) mass is 316 g/mol. The number of halogens is 1. The van der Waals surface area contributed by atoms with Crippen molar-refractivity contribution >= 4 is 34.3 Å². The highest BCUT2D eigenvalue weighted by molar-refractivity contribution is 7.98. The Morgan fingerprint density at radius 2 is 1.86 bits per heavy atom. The van der Waals surface area contributed by atoms with E-state index in [0.29, 0.717) is 16.2 Å². The lowest BCUT2D eigenvalue weighted by Gasteiger charge is -2.09. The van der Waals surface area contributed by atoms with Gasteiger partial charge in [-0.15, -0.1) is 11.8 Å². The summed E-state index contributed by atoms with van der Waals surface area (Å²) in [7, 11) is 1.75. The average molecular weight is 317 g/mol. The Morgan fingerprint density at radius 1 is 1.14 bits per heavy atom. The standard InChI is InChI=1S/C16H13ClN2OS/c1-19-15(10-21-14-9-5-3-7-12(14)17)18-13-8-4-2-6-11(13)16(19)20/h2-9H,10H2,1H3. The number of rotatable bonds is 3. The first kappa shape index (κ1) is 14.2. The lowest BCUT2D eigenvalue weighted by molar-refractivity contribution is 0.785. The second-order valence-corrected chi connectivity index (χ2v) is 6.05. The van der Waals surface area contributed by atoms with Crippen molar-refractivity contribution in [2.24, 2.45) is 7.05 Å². The molecule has 0 atom stereocenters. The van der Waals surface area contributed by atoms with E-state index in [4.69, 9.17) is 11.6 Å². The zero-order valence-electron chi connectivity index (χ0n) is 11.4. The molecule has 0 amide bonds.